The Morgan fingerprint density at radius 2 is 2.30 bits per heavy atom. The van der Waals surface area contributed by atoms with Crippen LogP contribution in [0.1, 0.15) is 16.1 Å². The normalized spacial score (nSPS) is 26.6. The van der Waals surface area contributed by atoms with Crippen molar-refractivity contribution >= 4 is 5.91 Å². The van der Waals surface area contributed by atoms with E-state index in [9.17, 15) is 9.90 Å². The standard InChI is InChI=1S/C13H21N3O4/c1-8-9(5-15(2)14-8)13(18)16(3)10-6-20-7-11(19-4)12(10)17/h5,10-12,17H,6-7H2,1-4H3/t10-,11-,12+/m1/s1. The molecule has 3 atom stereocenters. The molecule has 1 N–H and O–H groups in total. The third kappa shape index (κ3) is 2.70. The highest BCUT2D eigenvalue weighted by Crippen LogP contribution is 2.18. The summed E-state index contributed by atoms with van der Waals surface area (Å²) in [4.78, 5) is 14.0. The van der Waals surface area contributed by atoms with E-state index in [0.29, 0.717) is 24.5 Å². The lowest BCUT2D eigenvalue weighted by Gasteiger charge is -2.38. The van der Waals surface area contributed by atoms with Gasteiger partial charge in [0.25, 0.3) is 5.91 Å². The molecule has 2 rings (SSSR count). The summed E-state index contributed by atoms with van der Waals surface area (Å²) >= 11 is 0. The molecule has 1 aromatic rings. The molecule has 1 aliphatic heterocycles. The van der Waals surface area contributed by atoms with Gasteiger partial charge in [0.2, 0.25) is 0 Å². The number of hydrogen-bond acceptors (Lipinski definition) is 5. The first-order chi connectivity index (χ1) is 9.45. The molecule has 1 amide bonds. The van der Waals surface area contributed by atoms with Gasteiger partial charge in [0.15, 0.2) is 0 Å². The number of methoxy groups -OCH3 is 1. The van der Waals surface area contributed by atoms with Crippen LogP contribution in [0.15, 0.2) is 6.20 Å². The second-order valence-corrected chi connectivity index (χ2v) is 5.09. The Labute approximate surface area is 118 Å². The number of likely N-dealkylation sites (N-methyl/N-ethyl adjacent to an activating group) is 1. The lowest BCUT2D eigenvalue weighted by molar-refractivity contribution is -0.135. The molecule has 0 unspecified atom stereocenters. The molecule has 0 aromatic carbocycles. The fourth-order valence-electron chi connectivity index (χ4n) is 2.45. The summed E-state index contributed by atoms with van der Waals surface area (Å²) < 4.78 is 12.2. The fraction of sp³-hybridized carbons (Fsp3) is 0.692. The highest BCUT2D eigenvalue weighted by atomic mass is 16.5. The van der Waals surface area contributed by atoms with Crippen molar-refractivity contribution in [2.24, 2.45) is 7.05 Å². The predicted molar refractivity (Wildman–Crippen MR) is 71.4 cm³/mol. The molecular weight excluding hydrogens is 262 g/mol. The third-order valence-electron chi connectivity index (χ3n) is 3.71. The van der Waals surface area contributed by atoms with E-state index >= 15 is 0 Å². The molecule has 1 saturated heterocycles. The summed E-state index contributed by atoms with van der Waals surface area (Å²) in [6, 6.07) is -0.430. The SMILES string of the molecule is CO[C@@H]1COC[C@@H](N(C)C(=O)c2cn(C)nc2C)[C@@H]1O. The summed E-state index contributed by atoms with van der Waals surface area (Å²) in [5.74, 6) is -0.181. The van der Waals surface area contributed by atoms with Crippen LogP contribution in [0.3, 0.4) is 0 Å². The monoisotopic (exact) mass is 283 g/mol. The van der Waals surface area contributed by atoms with Crippen LogP contribution in [-0.2, 0) is 16.5 Å². The predicted octanol–water partition coefficient (Wildman–Crippen LogP) is -0.425. The van der Waals surface area contributed by atoms with E-state index in [1.165, 1.54) is 12.0 Å². The Hall–Kier alpha value is -1.44. The summed E-state index contributed by atoms with van der Waals surface area (Å²) in [6.07, 6.45) is 0.497. The van der Waals surface area contributed by atoms with Crippen LogP contribution in [0, 0.1) is 6.92 Å². The number of rotatable bonds is 3. The number of carbonyl (C=O) groups is 1. The van der Waals surface area contributed by atoms with Crippen molar-refractivity contribution in [3.8, 4) is 0 Å². The molecular formula is C13H21N3O4. The third-order valence-corrected chi connectivity index (χ3v) is 3.71. The van der Waals surface area contributed by atoms with Gasteiger partial charge in [-0.3, -0.25) is 9.48 Å². The van der Waals surface area contributed by atoms with Crippen LogP contribution in [0.25, 0.3) is 0 Å². The first-order valence-corrected chi connectivity index (χ1v) is 6.51. The average molecular weight is 283 g/mol. The summed E-state index contributed by atoms with van der Waals surface area (Å²) in [5.41, 5.74) is 1.19. The van der Waals surface area contributed by atoms with Gasteiger partial charge >= 0.3 is 0 Å². The van der Waals surface area contributed by atoms with E-state index in [4.69, 9.17) is 9.47 Å². The van der Waals surface area contributed by atoms with Gasteiger partial charge in [0, 0.05) is 27.4 Å². The highest BCUT2D eigenvalue weighted by Gasteiger charge is 2.37. The van der Waals surface area contributed by atoms with Crippen LogP contribution in [0.4, 0.5) is 0 Å². The van der Waals surface area contributed by atoms with Gasteiger partial charge in [0.05, 0.1) is 30.5 Å². The molecule has 0 spiro atoms. The zero-order chi connectivity index (χ0) is 14.9. The Kier molecular flexibility index (Phi) is 4.42. The second kappa shape index (κ2) is 5.90. The topological polar surface area (TPSA) is 76.8 Å². The van der Waals surface area contributed by atoms with E-state index in [-0.39, 0.29) is 5.91 Å². The molecule has 1 aliphatic rings. The van der Waals surface area contributed by atoms with E-state index in [0.717, 1.165) is 0 Å². The molecule has 20 heavy (non-hydrogen) atoms. The van der Waals surface area contributed by atoms with Crippen molar-refractivity contribution in [1.82, 2.24) is 14.7 Å². The number of ether oxygens (including phenoxy) is 2. The summed E-state index contributed by atoms with van der Waals surface area (Å²) in [7, 11) is 4.94. The summed E-state index contributed by atoms with van der Waals surface area (Å²) in [6.45, 7) is 2.41. The Balaban J connectivity index is 2.16. The molecule has 7 nitrogen and oxygen atoms in total. The average Bonchev–Trinajstić information content (AvgIpc) is 2.76. The van der Waals surface area contributed by atoms with Crippen molar-refractivity contribution < 1.29 is 19.4 Å². The van der Waals surface area contributed by atoms with Crippen molar-refractivity contribution in [3.63, 3.8) is 0 Å². The number of amides is 1. The molecule has 0 aliphatic carbocycles. The lowest BCUT2D eigenvalue weighted by Crippen LogP contribution is -2.56. The lowest BCUT2D eigenvalue weighted by atomic mass is 10.0. The van der Waals surface area contributed by atoms with E-state index in [1.54, 1.807) is 31.9 Å². The maximum Gasteiger partial charge on any atom is 0.257 e. The van der Waals surface area contributed by atoms with Gasteiger partial charge in [0.1, 0.15) is 12.2 Å². The number of aryl methyl sites for hydroxylation is 2. The first kappa shape index (κ1) is 15.0. The van der Waals surface area contributed by atoms with Gasteiger partial charge in [-0.2, -0.15) is 5.10 Å². The van der Waals surface area contributed by atoms with E-state index in [2.05, 4.69) is 5.10 Å². The Morgan fingerprint density at radius 3 is 2.85 bits per heavy atom. The number of aromatic nitrogens is 2. The molecule has 0 bridgehead atoms. The van der Waals surface area contributed by atoms with Gasteiger partial charge in [-0.1, -0.05) is 0 Å². The minimum atomic E-state index is -0.764. The Bertz CT molecular complexity index is 488. The van der Waals surface area contributed by atoms with Crippen molar-refractivity contribution in [1.29, 1.82) is 0 Å². The zero-order valence-electron chi connectivity index (χ0n) is 12.2. The van der Waals surface area contributed by atoms with Crippen LogP contribution >= 0.6 is 0 Å². The van der Waals surface area contributed by atoms with Crippen molar-refractivity contribution in [3.05, 3.63) is 17.5 Å². The zero-order valence-corrected chi connectivity index (χ0v) is 12.2. The van der Waals surface area contributed by atoms with Crippen LogP contribution in [0.5, 0.6) is 0 Å². The first-order valence-electron chi connectivity index (χ1n) is 6.51. The molecule has 2 heterocycles. The largest absolute Gasteiger partial charge is 0.388 e. The second-order valence-electron chi connectivity index (χ2n) is 5.09. The van der Waals surface area contributed by atoms with E-state index < -0.39 is 18.2 Å². The van der Waals surface area contributed by atoms with Crippen molar-refractivity contribution in [2.75, 3.05) is 27.4 Å². The quantitative estimate of drug-likeness (QED) is 0.815. The maximum atomic E-state index is 12.5. The summed E-state index contributed by atoms with van der Waals surface area (Å²) in [5, 5.41) is 14.4. The molecule has 0 radical (unpaired) electrons. The molecule has 7 heteroatoms. The van der Waals surface area contributed by atoms with Gasteiger partial charge in [-0.05, 0) is 6.92 Å². The van der Waals surface area contributed by atoms with Gasteiger partial charge in [-0.15, -0.1) is 0 Å². The Morgan fingerprint density at radius 1 is 1.60 bits per heavy atom. The molecule has 112 valence electrons. The highest BCUT2D eigenvalue weighted by molar-refractivity contribution is 5.95. The number of hydrogen-bond donors (Lipinski definition) is 1. The number of nitrogens with zero attached hydrogens (tertiary/aromatic N) is 3. The van der Waals surface area contributed by atoms with Crippen LogP contribution in [-0.4, -0.2) is 71.3 Å². The smallest absolute Gasteiger partial charge is 0.257 e. The van der Waals surface area contributed by atoms with Crippen molar-refractivity contribution in [2.45, 2.75) is 25.2 Å². The van der Waals surface area contributed by atoms with Crippen LogP contribution in [0.2, 0.25) is 0 Å². The maximum absolute atomic E-state index is 12.5. The number of aliphatic hydroxyl groups excluding tert-OH is 1. The number of aliphatic hydroxyl groups is 1. The molecule has 1 fully saturated rings. The minimum absolute atomic E-state index is 0.181. The minimum Gasteiger partial charge on any atom is -0.388 e. The fourth-order valence-corrected chi connectivity index (χ4v) is 2.45. The molecule has 1 aromatic heterocycles. The van der Waals surface area contributed by atoms with Gasteiger partial charge in [-0.25, -0.2) is 0 Å². The number of carbonyl (C=O) groups excluding carboxylic acids is 1. The van der Waals surface area contributed by atoms with Gasteiger partial charge < -0.3 is 19.5 Å². The van der Waals surface area contributed by atoms with Crippen LogP contribution < -0.4 is 0 Å². The van der Waals surface area contributed by atoms with E-state index in [1.807, 2.05) is 0 Å². The molecule has 0 saturated carbocycles.